The van der Waals surface area contributed by atoms with Gasteiger partial charge < -0.3 is 9.64 Å². The molecular formula is C19H23NO2. The van der Waals surface area contributed by atoms with Gasteiger partial charge in [0.25, 0.3) is 5.91 Å². The first-order valence-electron chi connectivity index (χ1n) is 7.60. The highest BCUT2D eigenvalue weighted by atomic mass is 16.5. The largest absolute Gasteiger partial charge is 0.480 e. The predicted octanol–water partition coefficient (Wildman–Crippen LogP) is 4.12. The Hall–Kier alpha value is -2.29. The van der Waals surface area contributed by atoms with Gasteiger partial charge in [-0.3, -0.25) is 4.79 Å². The molecule has 22 heavy (non-hydrogen) atoms. The zero-order valence-electron chi connectivity index (χ0n) is 13.7. The molecule has 0 heterocycles. The number of anilines is 1. The van der Waals surface area contributed by atoms with Crippen molar-refractivity contribution < 1.29 is 9.53 Å². The van der Waals surface area contributed by atoms with Gasteiger partial charge in [0.15, 0.2) is 6.10 Å². The van der Waals surface area contributed by atoms with E-state index in [9.17, 15) is 4.79 Å². The van der Waals surface area contributed by atoms with Gasteiger partial charge in [0.1, 0.15) is 5.75 Å². The van der Waals surface area contributed by atoms with Crippen LogP contribution in [0.1, 0.15) is 24.5 Å². The summed E-state index contributed by atoms with van der Waals surface area (Å²) in [5.41, 5.74) is 3.11. The maximum Gasteiger partial charge on any atom is 0.267 e. The van der Waals surface area contributed by atoms with Crippen LogP contribution in [-0.4, -0.2) is 19.1 Å². The van der Waals surface area contributed by atoms with E-state index in [1.165, 1.54) is 0 Å². The molecule has 3 heteroatoms. The second kappa shape index (κ2) is 7.12. The van der Waals surface area contributed by atoms with E-state index in [0.717, 1.165) is 22.6 Å². The van der Waals surface area contributed by atoms with Gasteiger partial charge in [-0.25, -0.2) is 0 Å². The van der Waals surface area contributed by atoms with Crippen LogP contribution in [-0.2, 0) is 4.79 Å². The lowest BCUT2D eigenvalue weighted by atomic mass is 10.1. The number of hydrogen-bond donors (Lipinski definition) is 0. The van der Waals surface area contributed by atoms with Crippen LogP contribution < -0.4 is 9.64 Å². The van der Waals surface area contributed by atoms with E-state index in [-0.39, 0.29) is 5.91 Å². The lowest BCUT2D eigenvalue weighted by Gasteiger charge is -2.24. The molecule has 2 aromatic carbocycles. The molecule has 2 aromatic rings. The van der Waals surface area contributed by atoms with Crippen molar-refractivity contribution in [3.63, 3.8) is 0 Å². The Morgan fingerprint density at radius 3 is 2.41 bits per heavy atom. The van der Waals surface area contributed by atoms with Gasteiger partial charge in [-0.2, -0.15) is 0 Å². The molecule has 0 fully saturated rings. The molecule has 1 amide bonds. The molecule has 0 N–H and O–H groups in total. The minimum absolute atomic E-state index is 0.0328. The number of likely N-dealkylation sites (N-methyl/N-ethyl adjacent to an activating group) is 1. The summed E-state index contributed by atoms with van der Waals surface area (Å²) < 4.78 is 5.99. The molecule has 0 aliphatic heterocycles. The highest BCUT2D eigenvalue weighted by Crippen LogP contribution is 2.23. The molecule has 0 spiro atoms. The topological polar surface area (TPSA) is 29.5 Å². The number of benzene rings is 2. The number of para-hydroxylation sites is 1. The Balaban J connectivity index is 2.17. The van der Waals surface area contributed by atoms with Crippen LogP contribution in [0.25, 0.3) is 0 Å². The molecular weight excluding hydrogens is 274 g/mol. The summed E-state index contributed by atoms with van der Waals surface area (Å²) in [4.78, 5) is 14.3. The van der Waals surface area contributed by atoms with E-state index >= 15 is 0 Å². The van der Waals surface area contributed by atoms with Crippen molar-refractivity contribution in [2.45, 2.75) is 33.3 Å². The highest BCUT2D eigenvalue weighted by molar-refractivity contribution is 5.96. The highest BCUT2D eigenvalue weighted by Gasteiger charge is 2.23. The number of nitrogens with zero attached hydrogens (tertiary/aromatic N) is 1. The van der Waals surface area contributed by atoms with Crippen LogP contribution in [0.2, 0.25) is 0 Å². The summed E-state index contributed by atoms with van der Waals surface area (Å²) in [5, 5.41) is 0. The zero-order chi connectivity index (χ0) is 16.1. The van der Waals surface area contributed by atoms with E-state index in [1.807, 2.05) is 69.3 Å². The van der Waals surface area contributed by atoms with E-state index in [1.54, 1.807) is 11.9 Å². The first-order valence-corrected chi connectivity index (χ1v) is 7.60. The molecule has 1 atom stereocenters. The fourth-order valence-electron chi connectivity index (χ4n) is 2.31. The molecule has 0 saturated heterocycles. The molecule has 0 aromatic heterocycles. The molecule has 0 aliphatic carbocycles. The SMILES string of the molecule is CC[C@@H](Oc1cccc(C)c1C)C(=O)N(C)c1ccccc1. The van der Waals surface area contributed by atoms with E-state index in [0.29, 0.717) is 6.42 Å². The molecule has 0 radical (unpaired) electrons. The van der Waals surface area contributed by atoms with Crippen molar-refractivity contribution in [3.05, 3.63) is 59.7 Å². The normalized spacial score (nSPS) is 11.8. The molecule has 116 valence electrons. The van der Waals surface area contributed by atoms with Crippen molar-refractivity contribution in [2.75, 3.05) is 11.9 Å². The Morgan fingerprint density at radius 1 is 1.09 bits per heavy atom. The quantitative estimate of drug-likeness (QED) is 0.830. The van der Waals surface area contributed by atoms with Crippen LogP contribution in [0, 0.1) is 13.8 Å². The van der Waals surface area contributed by atoms with Gasteiger partial charge in [0.05, 0.1) is 0 Å². The van der Waals surface area contributed by atoms with Gasteiger partial charge in [-0.1, -0.05) is 37.3 Å². The average molecular weight is 297 g/mol. The third kappa shape index (κ3) is 3.48. The molecule has 3 nitrogen and oxygen atoms in total. The Morgan fingerprint density at radius 2 is 1.77 bits per heavy atom. The molecule has 0 bridgehead atoms. The Labute approximate surface area is 132 Å². The van der Waals surface area contributed by atoms with Gasteiger partial charge in [-0.15, -0.1) is 0 Å². The van der Waals surface area contributed by atoms with Crippen LogP contribution in [0.15, 0.2) is 48.5 Å². The summed E-state index contributed by atoms with van der Waals surface area (Å²) in [6.45, 7) is 6.02. The van der Waals surface area contributed by atoms with Crippen LogP contribution in [0.4, 0.5) is 5.69 Å². The average Bonchev–Trinajstić information content (AvgIpc) is 2.55. The summed E-state index contributed by atoms with van der Waals surface area (Å²) in [6.07, 6.45) is 0.148. The molecule has 0 saturated carbocycles. The van der Waals surface area contributed by atoms with Crippen molar-refractivity contribution in [2.24, 2.45) is 0 Å². The molecule has 2 rings (SSSR count). The van der Waals surface area contributed by atoms with Gasteiger partial charge >= 0.3 is 0 Å². The zero-order valence-corrected chi connectivity index (χ0v) is 13.7. The van der Waals surface area contributed by atoms with E-state index in [4.69, 9.17) is 4.74 Å². The van der Waals surface area contributed by atoms with Crippen LogP contribution >= 0.6 is 0 Å². The van der Waals surface area contributed by atoms with Crippen LogP contribution in [0.3, 0.4) is 0 Å². The Kier molecular flexibility index (Phi) is 5.21. The fourth-order valence-corrected chi connectivity index (χ4v) is 2.31. The lowest BCUT2D eigenvalue weighted by molar-refractivity contribution is -0.125. The number of ether oxygens (including phenoxy) is 1. The number of aryl methyl sites for hydroxylation is 1. The summed E-state index contributed by atoms with van der Waals surface area (Å²) in [5.74, 6) is 0.747. The standard InChI is InChI=1S/C19H23NO2/c1-5-17(22-18-13-9-10-14(2)15(18)3)19(21)20(4)16-11-7-6-8-12-16/h6-13,17H,5H2,1-4H3/t17-/m1/s1. The number of carbonyl (C=O) groups excluding carboxylic acids is 1. The predicted molar refractivity (Wildman–Crippen MR) is 90.5 cm³/mol. The fraction of sp³-hybridized carbons (Fsp3) is 0.316. The molecule has 0 aliphatic rings. The van der Waals surface area contributed by atoms with E-state index in [2.05, 4.69) is 0 Å². The van der Waals surface area contributed by atoms with Gasteiger partial charge in [0, 0.05) is 12.7 Å². The number of rotatable bonds is 5. The van der Waals surface area contributed by atoms with Gasteiger partial charge in [0.2, 0.25) is 0 Å². The maximum absolute atomic E-state index is 12.7. The number of amides is 1. The molecule has 0 unspecified atom stereocenters. The maximum atomic E-state index is 12.7. The Bertz CT molecular complexity index is 637. The lowest BCUT2D eigenvalue weighted by Crippen LogP contribution is -2.39. The third-order valence-electron chi connectivity index (χ3n) is 3.94. The first kappa shape index (κ1) is 16.1. The van der Waals surface area contributed by atoms with E-state index < -0.39 is 6.10 Å². The summed E-state index contributed by atoms with van der Waals surface area (Å²) in [6, 6.07) is 15.5. The van der Waals surface area contributed by atoms with Crippen molar-refractivity contribution in [1.29, 1.82) is 0 Å². The summed E-state index contributed by atoms with van der Waals surface area (Å²) >= 11 is 0. The smallest absolute Gasteiger partial charge is 0.267 e. The minimum Gasteiger partial charge on any atom is -0.480 e. The summed E-state index contributed by atoms with van der Waals surface area (Å²) in [7, 11) is 1.78. The van der Waals surface area contributed by atoms with Crippen molar-refractivity contribution >= 4 is 11.6 Å². The van der Waals surface area contributed by atoms with Crippen LogP contribution in [0.5, 0.6) is 5.75 Å². The van der Waals surface area contributed by atoms with Gasteiger partial charge in [-0.05, 0) is 49.6 Å². The minimum atomic E-state index is -0.481. The third-order valence-corrected chi connectivity index (χ3v) is 3.94. The second-order valence-corrected chi connectivity index (χ2v) is 5.45. The monoisotopic (exact) mass is 297 g/mol. The van der Waals surface area contributed by atoms with Crippen molar-refractivity contribution in [3.8, 4) is 5.75 Å². The first-order chi connectivity index (χ1) is 10.5. The van der Waals surface area contributed by atoms with Crippen molar-refractivity contribution in [1.82, 2.24) is 0 Å². The number of hydrogen-bond acceptors (Lipinski definition) is 2. The number of carbonyl (C=O) groups is 1. The second-order valence-electron chi connectivity index (χ2n) is 5.45.